The summed E-state index contributed by atoms with van der Waals surface area (Å²) in [4.78, 5) is 14.2. The van der Waals surface area contributed by atoms with Crippen LogP contribution in [0.15, 0.2) is 18.2 Å². The van der Waals surface area contributed by atoms with Crippen molar-refractivity contribution in [3.05, 3.63) is 33.8 Å². The van der Waals surface area contributed by atoms with Gasteiger partial charge in [-0.15, -0.1) is 0 Å². The van der Waals surface area contributed by atoms with Crippen LogP contribution >= 0.6 is 23.2 Å². The van der Waals surface area contributed by atoms with Crippen LogP contribution < -0.4 is 5.32 Å². The number of carbonyl (C=O) groups excluding carboxylic acids is 1. The standard InChI is InChI=1S/C17H22Cl2N2O/c1-21(10-12-4-13(18)9-14(19)5-12)17(22)8-11-6-15-2-3-16(7-11)20-15/h4-5,9,11,15-16,20H,2-3,6-8,10H2,1H3. The molecule has 2 unspecified atom stereocenters. The van der Waals surface area contributed by atoms with Gasteiger partial charge in [0.15, 0.2) is 0 Å². The van der Waals surface area contributed by atoms with Gasteiger partial charge in [-0.25, -0.2) is 0 Å². The van der Waals surface area contributed by atoms with Crippen LogP contribution in [-0.4, -0.2) is 29.9 Å². The first-order valence-corrected chi connectivity index (χ1v) is 8.70. The average Bonchev–Trinajstić information content (AvgIpc) is 2.76. The molecule has 2 heterocycles. The Morgan fingerprint density at radius 2 is 1.77 bits per heavy atom. The van der Waals surface area contributed by atoms with Crippen molar-refractivity contribution < 1.29 is 4.79 Å². The molecule has 1 amide bonds. The van der Waals surface area contributed by atoms with Crippen LogP contribution in [0.2, 0.25) is 10.0 Å². The molecule has 22 heavy (non-hydrogen) atoms. The molecule has 0 radical (unpaired) electrons. The highest BCUT2D eigenvalue weighted by molar-refractivity contribution is 6.34. The second-order valence-corrected chi connectivity index (χ2v) is 7.58. The van der Waals surface area contributed by atoms with Crippen LogP contribution in [-0.2, 0) is 11.3 Å². The van der Waals surface area contributed by atoms with Crippen molar-refractivity contribution in [2.75, 3.05) is 7.05 Å². The van der Waals surface area contributed by atoms with Gasteiger partial charge >= 0.3 is 0 Å². The Balaban J connectivity index is 1.55. The number of fused-ring (bicyclic) bond motifs is 2. The molecule has 2 saturated heterocycles. The highest BCUT2D eigenvalue weighted by atomic mass is 35.5. The molecule has 0 spiro atoms. The van der Waals surface area contributed by atoms with E-state index in [9.17, 15) is 4.79 Å². The molecule has 2 fully saturated rings. The average molecular weight is 341 g/mol. The first kappa shape index (κ1) is 16.1. The predicted octanol–water partition coefficient (Wildman–Crippen LogP) is 3.87. The van der Waals surface area contributed by atoms with E-state index in [0.717, 1.165) is 18.4 Å². The highest BCUT2D eigenvalue weighted by Crippen LogP contribution is 2.33. The molecule has 2 atom stereocenters. The molecular formula is C17H22Cl2N2O. The van der Waals surface area contributed by atoms with E-state index in [1.54, 1.807) is 11.0 Å². The van der Waals surface area contributed by atoms with E-state index < -0.39 is 0 Å². The molecule has 0 saturated carbocycles. The second kappa shape index (κ2) is 6.77. The number of nitrogens with one attached hydrogen (secondary N) is 1. The Bertz CT molecular complexity index is 531. The summed E-state index contributed by atoms with van der Waals surface area (Å²) in [6.07, 6.45) is 5.47. The summed E-state index contributed by atoms with van der Waals surface area (Å²) in [5.41, 5.74) is 0.971. The lowest BCUT2D eigenvalue weighted by Gasteiger charge is -2.30. The minimum atomic E-state index is 0.211. The van der Waals surface area contributed by atoms with Crippen molar-refractivity contribution in [1.82, 2.24) is 10.2 Å². The Hall–Kier alpha value is -0.770. The lowest BCUT2D eigenvalue weighted by Crippen LogP contribution is -2.39. The summed E-state index contributed by atoms with van der Waals surface area (Å²) in [5.74, 6) is 0.735. The highest BCUT2D eigenvalue weighted by Gasteiger charge is 2.34. The van der Waals surface area contributed by atoms with Crippen LogP contribution in [0, 0.1) is 5.92 Å². The minimum absolute atomic E-state index is 0.211. The lowest BCUT2D eigenvalue weighted by molar-refractivity contribution is -0.131. The van der Waals surface area contributed by atoms with Gasteiger partial charge < -0.3 is 10.2 Å². The summed E-state index contributed by atoms with van der Waals surface area (Å²) >= 11 is 12.0. The maximum absolute atomic E-state index is 12.5. The van der Waals surface area contributed by atoms with Crippen molar-refractivity contribution in [3.63, 3.8) is 0 Å². The van der Waals surface area contributed by atoms with Gasteiger partial charge in [-0.05, 0) is 55.4 Å². The van der Waals surface area contributed by atoms with E-state index >= 15 is 0 Å². The maximum atomic E-state index is 12.5. The molecule has 1 N–H and O–H groups in total. The molecule has 1 aromatic carbocycles. The molecule has 0 aromatic heterocycles. The van der Waals surface area contributed by atoms with E-state index in [-0.39, 0.29) is 5.91 Å². The van der Waals surface area contributed by atoms with Gasteiger partial charge in [-0.3, -0.25) is 4.79 Å². The summed E-state index contributed by atoms with van der Waals surface area (Å²) < 4.78 is 0. The predicted molar refractivity (Wildman–Crippen MR) is 90.2 cm³/mol. The number of piperidine rings is 1. The number of rotatable bonds is 4. The monoisotopic (exact) mass is 340 g/mol. The fourth-order valence-electron chi connectivity index (χ4n) is 3.81. The Morgan fingerprint density at radius 1 is 1.18 bits per heavy atom. The largest absolute Gasteiger partial charge is 0.341 e. The van der Waals surface area contributed by atoms with E-state index in [2.05, 4.69) is 5.32 Å². The fraction of sp³-hybridized carbons (Fsp3) is 0.588. The molecule has 2 aliphatic rings. The summed E-state index contributed by atoms with van der Waals surface area (Å²) in [6, 6.07) is 6.70. The van der Waals surface area contributed by atoms with Gasteiger partial charge in [-0.1, -0.05) is 23.2 Å². The van der Waals surface area contributed by atoms with Crippen molar-refractivity contribution in [2.24, 2.45) is 5.92 Å². The van der Waals surface area contributed by atoms with Crippen molar-refractivity contribution >= 4 is 29.1 Å². The summed E-state index contributed by atoms with van der Waals surface area (Å²) in [7, 11) is 1.85. The molecule has 3 nitrogen and oxygen atoms in total. The lowest BCUT2D eigenvalue weighted by atomic mass is 9.89. The van der Waals surface area contributed by atoms with E-state index in [4.69, 9.17) is 23.2 Å². The Labute approximate surface area is 142 Å². The fourth-order valence-corrected chi connectivity index (χ4v) is 4.38. The van der Waals surface area contributed by atoms with Gasteiger partial charge in [0.25, 0.3) is 0 Å². The Morgan fingerprint density at radius 3 is 2.36 bits per heavy atom. The van der Waals surface area contributed by atoms with Gasteiger partial charge in [0.2, 0.25) is 5.91 Å². The number of hydrogen-bond donors (Lipinski definition) is 1. The first-order valence-electron chi connectivity index (χ1n) is 7.94. The van der Waals surface area contributed by atoms with Gasteiger partial charge in [0.05, 0.1) is 0 Å². The van der Waals surface area contributed by atoms with Gasteiger partial charge in [0, 0.05) is 42.1 Å². The first-order chi connectivity index (χ1) is 10.5. The van der Waals surface area contributed by atoms with Gasteiger partial charge in [-0.2, -0.15) is 0 Å². The molecule has 5 heteroatoms. The normalized spacial score (nSPS) is 27.0. The zero-order valence-corrected chi connectivity index (χ0v) is 14.3. The number of halogens is 2. The van der Waals surface area contributed by atoms with Crippen LogP contribution in [0.5, 0.6) is 0 Å². The van der Waals surface area contributed by atoms with Crippen molar-refractivity contribution in [2.45, 2.75) is 50.7 Å². The zero-order valence-electron chi connectivity index (χ0n) is 12.8. The van der Waals surface area contributed by atoms with Crippen LogP contribution in [0.3, 0.4) is 0 Å². The zero-order chi connectivity index (χ0) is 15.7. The van der Waals surface area contributed by atoms with Crippen molar-refractivity contribution in [3.8, 4) is 0 Å². The SMILES string of the molecule is CN(Cc1cc(Cl)cc(Cl)c1)C(=O)CC1CC2CCC(C1)N2. The smallest absolute Gasteiger partial charge is 0.222 e. The third-order valence-electron chi connectivity index (χ3n) is 4.80. The third kappa shape index (κ3) is 3.95. The maximum Gasteiger partial charge on any atom is 0.222 e. The van der Waals surface area contributed by atoms with Gasteiger partial charge in [0.1, 0.15) is 0 Å². The second-order valence-electron chi connectivity index (χ2n) is 6.71. The topological polar surface area (TPSA) is 32.3 Å². The minimum Gasteiger partial charge on any atom is -0.341 e. The quantitative estimate of drug-likeness (QED) is 0.902. The molecule has 2 aliphatic heterocycles. The molecule has 3 rings (SSSR count). The molecular weight excluding hydrogens is 319 g/mol. The summed E-state index contributed by atoms with van der Waals surface area (Å²) in [5, 5.41) is 4.84. The van der Waals surface area contributed by atoms with E-state index in [0.29, 0.717) is 41.0 Å². The van der Waals surface area contributed by atoms with E-state index in [1.807, 2.05) is 19.2 Å². The van der Waals surface area contributed by atoms with Crippen LogP contribution in [0.4, 0.5) is 0 Å². The number of hydrogen-bond acceptors (Lipinski definition) is 2. The molecule has 2 bridgehead atoms. The number of benzene rings is 1. The van der Waals surface area contributed by atoms with E-state index in [1.165, 1.54) is 12.8 Å². The summed E-state index contributed by atoms with van der Waals surface area (Å²) in [6.45, 7) is 0.553. The number of amides is 1. The van der Waals surface area contributed by atoms with Crippen LogP contribution in [0.1, 0.15) is 37.7 Å². The van der Waals surface area contributed by atoms with Crippen LogP contribution in [0.25, 0.3) is 0 Å². The molecule has 1 aromatic rings. The number of nitrogens with zero attached hydrogens (tertiary/aromatic N) is 1. The Kier molecular flexibility index (Phi) is 4.96. The third-order valence-corrected chi connectivity index (χ3v) is 5.24. The molecule has 0 aliphatic carbocycles. The molecule has 120 valence electrons. The number of carbonyl (C=O) groups is 1. The van der Waals surface area contributed by atoms with Crippen molar-refractivity contribution in [1.29, 1.82) is 0 Å².